The standard InChI is InChI=1S/C24H25N5O3/c1-16-5-6-18(14-26-16)20-13-19(9-12-25-20)32-21-7-8-22(28-17(21)2)29-23(31)24(27-15-30)10-3-4-11-24/h5-9,12-15H,3-4,10-11H2,1-2H3,(H,27,30)(H,28,29,31). The van der Waals surface area contributed by atoms with Crippen molar-refractivity contribution in [2.24, 2.45) is 0 Å². The Labute approximate surface area is 186 Å². The minimum atomic E-state index is -0.856. The molecule has 0 unspecified atom stereocenters. The Kier molecular flexibility index (Phi) is 6.11. The zero-order valence-corrected chi connectivity index (χ0v) is 18.1. The van der Waals surface area contributed by atoms with E-state index in [9.17, 15) is 9.59 Å². The first kappa shape index (κ1) is 21.4. The number of amides is 2. The van der Waals surface area contributed by atoms with E-state index < -0.39 is 5.54 Å². The van der Waals surface area contributed by atoms with Crippen LogP contribution >= 0.6 is 0 Å². The van der Waals surface area contributed by atoms with Gasteiger partial charge in [-0.25, -0.2) is 4.98 Å². The Morgan fingerprint density at radius 3 is 2.59 bits per heavy atom. The van der Waals surface area contributed by atoms with Crippen molar-refractivity contribution in [3.05, 3.63) is 60.2 Å². The molecule has 1 fully saturated rings. The molecule has 1 aliphatic rings. The van der Waals surface area contributed by atoms with Gasteiger partial charge < -0.3 is 15.4 Å². The lowest BCUT2D eigenvalue weighted by Gasteiger charge is -2.26. The van der Waals surface area contributed by atoms with Crippen molar-refractivity contribution in [1.82, 2.24) is 20.3 Å². The van der Waals surface area contributed by atoms with E-state index in [-0.39, 0.29) is 5.91 Å². The lowest BCUT2D eigenvalue weighted by Crippen LogP contribution is -2.52. The van der Waals surface area contributed by atoms with Crippen molar-refractivity contribution in [2.75, 3.05) is 5.32 Å². The van der Waals surface area contributed by atoms with E-state index in [1.807, 2.05) is 32.0 Å². The van der Waals surface area contributed by atoms with E-state index in [1.54, 1.807) is 30.6 Å². The Morgan fingerprint density at radius 2 is 1.91 bits per heavy atom. The molecule has 0 aliphatic heterocycles. The van der Waals surface area contributed by atoms with Gasteiger partial charge in [-0.3, -0.25) is 19.6 Å². The average molecular weight is 431 g/mol. The van der Waals surface area contributed by atoms with E-state index in [2.05, 4.69) is 25.6 Å². The molecule has 3 heterocycles. The summed E-state index contributed by atoms with van der Waals surface area (Å²) in [6.45, 7) is 3.75. The first-order chi connectivity index (χ1) is 15.5. The number of carbonyl (C=O) groups is 2. The predicted molar refractivity (Wildman–Crippen MR) is 120 cm³/mol. The third kappa shape index (κ3) is 4.59. The maximum absolute atomic E-state index is 12.8. The van der Waals surface area contributed by atoms with Gasteiger partial charge in [-0.1, -0.05) is 12.8 Å². The summed E-state index contributed by atoms with van der Waals surface area (Å²) in [6.07, 6.45) is 7.11. The molecule has 0 saturated heterocycles. The minimum absolute atomic E-state index is 0.242. The fraction of sp³-hybridized carbons (Fsp3) is 0.292. The van der Waals surface area contributed by atoms with E-state index in [1.165, 1.54) is 0 Å². The monoisotopic (exact) mass is 431 g/mol. The van der Waals surface area contributed by atoms with Gasteiger partial charge in [0.15, 0.2) is 0 Å². The van der Waals surface area contributed by atoms with Crippen molar-refractivity contribution in [1.29, 1.82) is 0 Å². The Morgan fingerprint density at radius 1 is 1.09 bits per heavy atom. The molecule has 0 atom stereocenters. The van der Waals surface area contributed by atoms with Gasteiger partial charge in [0.05, 0.1) is 11.4 Å². The highest BCUT2D eigenvalue weighted by Gasteiger charge is 2.41. The summed E-state index contributed by atoms with van der Waals surface area (Å²) < 4.78 is 6.02. The molecule has 1 saturated carbocycles. The minimum Gasteiger partial charge on any atom is -0.455 e. The molecule has 1 aliphatic carbocycles. The number of anilines is 1. The van der Waals surface area contributed by atoms with Crippen LogP contribution in [-0.2, 0) is 9.59 Å². The van der Waals surface area contributed by atoms with Crippen LogP contribution in [0.15, 0.2) is 48.8 Å². The molecule has 8 nitrogen and oxygen atoms in total. The molecule has 3 aromatic rings. The zero-order valence-electron chi connectivity index (χ0n) is 18.1. The summed E-state index contributed by atoms with van der Waals surface area (Å²) in [6, 6.07) is 11.0. The number of aryl methyl sites for hydroxylation is 2. The normalized spacial score (nSPS) is 14.6. The molecule has 0 radical (unpaired) electrons. The van der Waals surface area contributed by atoms with Gasteiger partial charge >= 0.3 is 0 Å². The summed E-state index contributed by atoms with van der Waals surface area (Å²) in [4.78, 5) is 37.0. The number of pyridine rings is 3. The van der Waals surface area contributed by atoms with Gasteiger partial charge in [0.1, 0.15) is 22.9 Å². The second kappa shape index (κ2) is 9.13. The van der Waals surface area contributed by atoms with Gasteiger partial charge in [0, 0.05) is 29.7 Å². The fourth-order valence-corrected chi connectivity index (χ4v) is 3.87. The topological polar surface area (TPSA) is 106 Å². The molecule has 164 valence electrons. The number of hydrogen-bond acceptors (Lipinski definition) is 6. The Bertz CT molecular complexity index is 1120. The summed E-state index contributed by atoms with van der Waals surface area (Å²) >= 11 is 0. The Balaban J connectivity index is 1.48. The molecule has 2 amide bonds. The van der Waals surface area contributed by atoms with Gasteiger partial charge in [0.2, 0.25) is 6.41 Å². The van der Waals surface area contributed by atoms with Crippen molar-refractivity contribution in [3.8, 4) is 22.8 Å². The van der Waals surface area contributed by atoms with E-state index in [0.717, 1.165) is 29.8 Å². The quantitative estimate of drug-likeness (QED) is 0.549. The van der Waals surface area contributed by atoms with Gasteiger partial charge in [-0.2, -0.15) is 0 Å². The second-order valence-corrected chi connectivity index (χ2v) is 7.95. The van der Waals surface area contributed by atoms with E-state index in [0.29, 0.717) is 42.3 Å². The fourth-order valence-electron chi connectivity index (χ4n) is 3.87. The molecule has 8 heteroatoms. The average Bonchev–Trinajstić information content (AvgIpc) is 3.27. The van der Waals surface area contributed by atoms with Crippen LogP contribution in [0.4, 0.5) is 5.82 Å². The predicted octanol–water partition coefficient (Wildman–Crippen LogP) is 3.95. The highest BCUT2D eigenvalue weighted by atomic mass is 16.5. The third-order valence-electron chi connectivity index (χ3n) is 5.67. The highest BCUT2D eigenvalue weighted by Crippen LogP contribution is 2.31. The van der Waals surface area contributed by atoms with E-state index >= 15 is 0 Å². The largest absolute Gasteiger partial charge is 0.455 e. The van der Waals surface area contributed by atoms with Crippen molar-refractivity contribution < 1.29 is 14.3 Å². The number of rotatable bonds is 7. The van der Waals surface area contributed by atoms with Crippen molar-refractivity contribution >= 4 is 18.1 Å². The molecule has 4 rings (SSSR count). The lowest BCUT2D eigenvalue weighted by molar-refractivity contribution is -0.125. The van der Waals surface area contributed by atoms with Gasteiger partial charge in [0.25, 0.3) is 5.91 Å². The third-order valence-corrected chi connectivity index (χ3v) is 5.67. The maximum atomic E-state index is 12.8. The Hall–Kier alpha value is -3.81. The molecule has 3 aromatic heterocycles. The molecular weight excluding hydrogens is 406 g/mol. The van der Waals surface area contributed by atoms with Gasteiger partial charge in [-0.15, -0.1) is 0 Å². The SMILES string of the molecule is Cc1ccc(-c2cc(Oc3ccc(NC(=O)C4(NC=O)CCCC4)nc3C)ccn2)cn1. The number of ether oxygens (including phenoxy) is 1. The van der Waals surface area contributed by atoms with Gasteiger partial charge in [-0.05, 0) is 57.0 Å². The van der Waals surface area contributed by atoms with Crippen LogP contribution in [0.3, 0.4) is 0 Å². The maximum Gasteiger partial charge on any atom is 0.251 e. The highest BCUT2D eigenvalue weighted by molar-refractivity contribution is 5.98. The summed E-state index contributed by atoms with van der Waals surface area (Å²) in [5.41, 5.74) is 2.37. The first-order valence-corrected chi connectivity index (χ1v) is 10.6. The molecule has 32 heavy (non-hydrogen) atoms. The first-order valence-electron chi connectivity index (χ1n) is 10.6. The zero-order chi connectivity index (χ0) is 22.6. The van der Waals surface area contributed by atoms with Crippen LogP contribution in [0.2, 0.25) is 0 Å². The number of nitrogens with one attached hydrogen (secondary N) is 2. The molecular formula is C24H25N5O3. The lowest BCUT2D eigenvalue weighted by atomic mass is 9.97. The van der Waals surface area contributed by atoms with Crippen LogP contribution in [0, 0.1) is 13.8 Å². The van der Waals surface area contributed by atoms with Crippen LogP contribution in [-0.4, -0.2) is 32.8 Å². The summed E-state index contributed by atoms with van der Waals surface area (Å²) in [7, 11) is 0. The summed E-state index contributed by atoms with van der Waals surface area (Å²) in [5.74, 6) is 1.37. The van der Waals surface area contributed by atoms with Crippen molar-refractivity contribution in [2.45, 2.75) is 45.1 Å². The number of aromatic nitrogens is 3. The number of hydrogen-bond donors (Lipinski definition) is 2. The summed E-state index contributed by atoms with van der Waals surface area (Å²) in [5, 5.41) is 5.54. The smallest absolute Gasteiger partial charge is 0.251 e. The van der Waals surface area contributed by atoms with Crippen molar-refractivity contribution in [3.63, 3.8) is 0 Å². The number of carbonyl (C=O) groups excluding carboxylic acids is 2. The molecule has 2 N–H and O–H groups in total. The molecule has 0 spiro atoms. The number of nitrogens with zero attached hydrogens (tertiary/aromatic N) is 3. The van der Waals surface area contributed by atoms with Crippen LogP contribution in [0.1, 0.15) is 37.1 Å². The van der Waals surface area contributed by atoms with Crippen LogP contribution in [0.25, 0.3) is 11.3 Å². The molecule has 0 bridgehead atoms. The second-order valence-electron chi connectivity index (χ2n) is 7.95. The molecule has 0 aromatic carbocycles. The van der Waals surface area contributed by atoms with Crippen LogP contribution < -0.4 is 15.4 Å². The van der Waals surface area contributed by atoms with E-state index in [4.69, 9.17) is 4.74 Å². The van der Waals surface area contributed by atoms with Crippen LogP contribution in [0.5, 0.6) is 11.5 Å².